The first-order chi connectivity index (χ1) is 10.7. The smallest absolute Gasteiger partial charge is 0.115 e. The minimum atomic E-state index is 0.261. The van der Waals surface area contributed by atoms with Gasteiger partial charge in [-0.05, 0) is 53.8 Å². The standard InChI is InChI=1S/C20H18O2/c21-18-10-6-16(7-11-18)20(14-5-15-3-1-2-4-15)17-8-12-19(22)13-9-17/h1-3,6-14,21-22H,4-5H2. The largest absolute Gasteiger partial charge is 0.508 e. The van der Waals surface area contributed by atoms with Crippen LogP contribution in [0.4, 0.5) is 0 Å². The molecular weight excluding hydrogens is 272 g/mol. The number of phenolic OH excluding ortho intramolecular Hbond substituents is 2. The fourth-order valence-electron chi connectivity index (χ4n) is 2.56. The molecule has 0 fully saturated rings. The second-order valence-electron chi connectivity index (χ2n) is 5.37. The molecule has 0 bridgehead atoms. The fourth-order valence-corrected chi connectivity index (χ4v) is 2.56. The maximum absolute atomic E-state index is 9.48. The number of benzene rings is 2. The van der Waals surface area contributed by atoms with Gasteiger partial charge in [-0.25, -0.2) is 0 Å². The molecule has 2 nitrogen and oxygen atoms in total. The van der Waals surface area contributed by atoms with Gasteiger partial charge in [-0.2, -0.15) is 0 Å². The summed E-state index contributed by atoms with van der Waals surface area (Å²) in [6, 6.07) is 14.4. The van der Waals surface area contributed by atoms with Gasteiger partial charge >= 0.3 is 0 Å². The first kappa shape index (κ1) is 14.2. The number of allylic oxidation sites excluding steroid dienone is 5. The van der Waals surface area contributed by atoms with Crippen molar-refractivity contribution in [1.29, 1.82) is 0 Å². The monoisotopic (exact) mass is 290 g/mol. The molecule has 1 aliphatic carbocycles. The molecule has 0 aromatic heterocycles. The summed E-state index contributed by atoms with van der Waals surface area (Å²) in [6.07, 6.45) is 10.5. The SMILES string of the molecule is Oc1ccc(C(=CCC2=CC=CC2)c2ccc(O)cc2)cc1. The lowest BCUT2D eigenvalue weighted by molar-refractivity contribution is 0.475. The molecule has 2 aromatic rings. The number of phenols is 2. The van der Waals surface area contributed by atoms with Crippen molar-refractivity contribution >= 4 is 5.57 Å². The Morgan fingerprint density at radius 2 is 1.41 bits per heavy atom. The van der Waals surface area contributed by atoms with Crippen LogP contribution in [-0.4, -0.2) is 10.2 Å². The molecule has 0 saturated heterocycles. The third-order valence-electron chi connectivity index (χ3n) is 3.77. The molecule has 2 aromatic carbocycles. The third kappa shape index (κ3) is 3.29. The molecule has 0 amide bonds. The summed E-state index contributed by atoms with van der Waals surface area (Å²) in [7, 11) is 0. The lowest BCUT2D eigenvalue weighted by Gasteiger charge is -2.10. The van der Waals surface area contributed by atoms with Gasteiger partial charge in [-0.15, -0.1) is 0 Å². The molecular formula is C20H18O2. The van der Waals surface area contributed by atoms with E-state index >= 15 is 0 Å². The topological polar surface area (TPSA) is 40.5 Å². The van der Waals surface area contributed by atoms with E-state index in [9.17, 15) is 10.2 Å². The highest BCUT2D eigenvalue weighted by Crippen LogP contribution is 2.28. The zero-order valence-electron chi connectivity index (χ0n) is 12.2. The van der Waals surface area contributed by atoms with Crippen molar-refractivity contribution in [3.8, 4) is 11.5 Å². The van der Waals surface area contributed by atoms with Crippen LogP contribution in [0.2, 0.25) is 0 Å². The highest BCUT2D eigenvalue weighted by Gasteiger charge is 2.07. The first-order valence-electron chi connectivity index (χ1n) is 7.36. The van der Waals surface area contributed by atoms with Gasteiger partial charge < -0.3 is 10.2 Å². The summed E-state index contributed by atoms with van der Waals surface area (Å²) in [5.74, 6) is 0.521. The van der Waals surface area contributed by atoms with Crippen LogP contribution in [0.5, 0.6) is 11.5 Å². The molecule has 0 aliphatic heterocycles. The Morgan fingerprint density at radius 3 is 1.86 bits per heavy atom. The number of hydrogen-bond acceptors (Lipinski definition) is 2. The van der Waals surface area contributed by atoms with E-state index in [1.807, 2.05) is 24.3 Å². The molecule has 0 radical (unpaired) electrons. The zero-order valence-corrected chi connectivity index (χ0v) is 12.2. The number of hydrogen-bond donors (Lipinski definition) is 2. The van der Waals surface area contributed by atoms with E-state index in [0.717, 1.165) is 29.5 Å². The minimum Gasteiger partial charge on any atom is -0.508 e. The van der Waals surface area contributed by atoms with Gasteiger partial charge in [0.15, 0.2) is 0 Å². The van der Waals surface area contributed by atoms with Crippen molar-refractivity contribution in [2.24, 2.45) is 0 Å². The molecule has 22 heavy (non-hydrogen) atoms. The molecule has 2 N–H and O–H groups in total. The van der Waals surface area contributed by atoms with E-state index in [-0.39, 0.29) is 11.5 Å². The maximum Gasteiger partial charge on any atom is 0.115 e. The van der Waals surface area contributed by atoms with Crippen LogP contribution >= 0.6 is 0 Å². The summed E-state index contributed by atoms with van der Waals surface area (Å²) in [4.78, 5) is 0. The van der Waals surface area contributed by atoms with Crippen LogP contribution in [0.3, 0.4) is 0 Å². The second-order valence-corrected chi connectivity index (χ2v) is 5.37. The Balaban J connectivity index is 1.95. The van der Waals surface area contributed by atoms with Gasteiger partial charge in [0.05, 0.1) is 0 Å². The lowest BCUT2D eigenvalue weighted by atomic mass is 9.95. The molecule has 3 rings (SSSR count). The Bertz CT molecular complexity index is 685. The van der Waals surface area contributed by atoms with Crippen molar-refractivity contribution in [2.45, 2.75) is 12.8 Å². The number of rotatable bonds is 4. The molecule has 2 heteroatoms. The number of aromatic hydroxyl groups is 2. The van der Waals surface area contributed by atoms with Crippen LogP contribution in [0, 0.1) is 0 Å². The van der Waals surface area contributed by atoms with E-state index in [1.165, 1.54) is 5.57 Å². The highest BCUT2D eigenvalue weighted by molar-refractivity contribution is 5.80. The molecule has 1 aliphatic rings. The second kappa shape index (κ2) is 6.35. The Hall–Kier alpha value is -2.74. The summed E-state index contributed by atoms with van der Waals surface area (Å²) >= 11 is 0. The van der Waals surface area contributed by atoms with Crippen LogP contribution in [0.1, 0.15) is 24.0 Å². The van der Waals surface area contributed by atoms with Gasteiger partial charge in [0.2, 0.25) is 0 Å². The third-order valence-corrected chi connectivity index (χ3v) is 3.77. The van der Waals surface area contributed by atoms with Gasteiger partial charge in [-0.1, -0.05) is 54.1 Å². The first-order valence-corrected chi connectivity index (χ1v) is 7.36. The van der Waals surface area contributed by atoms with E-state index in [4.69, 9.17) is 0 Å². The molecule has 110 valence electrons. The van der Waals surface area contributed by atoms with Crippen LogP contribution in [-0.2, 0) is 0 Å². The van der Waals surface area contributed by atoms with Crippen molar-refractivity contribution in [2.75, 3.05) is 0 Å². The lowest BCUT2D eigenvalue weighted by Crippen LogP contribution is -1.89. The van der Waals surface area contributed by atoms with Crippen LogP contribution in [0.15, 0.2) is 78.4 Å². The zero-order chi connectivity index (χ0) is 15.4. The van der Waals surface area contributed by atoms with Crippen LogP contribution < -0.4 is 0 Å². The highest BCUT2D eigenvalue weighted by atomic mass is 16.3. The van der Waals surface area contributed by atoms with Crippen molar-refractivity contribution < 1.29 is 10.2 Å². The maximum atomic E-state index is 9.48. The van der Waals surface area contributed by atoms with Gasteiger partial charge in [0, 0.05) is 0 Å². The minimum absolute atomic E-state index is 0.261. The normalized spacial score (nSPS) is 13.0. The predicted octanol–water partition coefficient (Wildman–Crippen LogP) is 4.81. The van der Waals surface area contributed by atoms with E-state index in [2.05, 4.69) is 24.3 Å². The van der Waals surface area contributed by atoms with Crippen molar-refractivity contribution in [3.05, 3.63) is 89.5 Å². The van der Waals surface area contributed by atoms with E-state index in [1.54, 1.807) is 24.3 Å². The summed E-state index contributed by atoms with van der Waals surface area (Å²) in [5, 5.41) is 19.0. The molecule has 0 spiro atoms. The summed E-state index contributed by atoms with van der Waals surface area (Å²) in [5.41, 5.74) is 4.59. The van der Waals surface area contributed by atoms with Gasteiger partial charge in [0.25, 0.3) is 0 Å². The van der Waals surface area contributed by atoms with Gasteiger partial charge in [-0.3, -0.25) is 0 Å². The molecule has 0 saturated carbocycles. The van der Waals surface area contributed by atoms with Crippen LogP contribution in [0.25, 0.3) is 5.57 Å². The summed E-state index contributed by atoms with van der Waals surface area (Å²) < 4.78 is 0. The van der Waals surface area contributed by atoms with Crippen molar-refractivity contribution in [3.63, 3.8) is 0 Å². The van der Waals surface area contributed by atoms with E-state index in [0.29, 0.717) is 0 Å². The Labute approximate surface area is 130 Å². The Kier molecular flexibility index (Phi) is 4.10. The average Bonchev–Trinajstić information content (AvgIpc) is 3.04. The van der Waals surface area contributed by atoms with Crippen molar-refractivity contribution in [1.82, 2.24) is 0 Å². The average molecular weight is 290 g/mol. The Morgan fingerprint density at radius 1 is 0.864 bits per heavy atom. The van der Waals surface area contributed by atoms with Gasteiger partial charge in [0.1, 0.15) is 11.5 Å². The fraction of sp³-hybridized carbons (Fsp3) is 0.100. The van der Waals surface area contributed by atoms with E-state index < -0.39 is 0 Å². The quantitative estimate of drug-likeness (QED) is 0.848. The molecule has 0 unspecified atom stereocenters. The summed E-state index contributed by atoms with van der Waals surface area (Å²) in [6.45, 7) is 0. The predicted molar refractivity (Wildman–Crippen MR) is 89.7 cm³/mol. The molecule has 0 heterocycles. The molecule has 0 atom stereocenters.